The minimum atomic E-state index is -0.656. The molecule has 1 N–H and O–H groups in total. The van der Waals surface area contributed by atoms with Crippen molar-refractivity contribution in [2.75, 3.05) is 0 Å². The molecular weight excluding hydrogens is 244 g/mol. The summed E-state index contributed by atoms with van der Waals surface area (Å²) in [5.41, 5.74) is -0.331. The lowest BCUT2D eigenvalue weighted by Crippen LogP contribution is -2.45. The second-order valence-corrected chi connectivity index (χ2v) is 6.51. The third-order valence-electron chi connectivity index (χ3n) is 5.58. The number of esters is 1. The van der Waals surface area contributed by atoms with Gasteiger partial charge in [0, 0.05) is 12.0 Å². The zero-order valence-corrected chi connectivity index (χ0v) is 11.4. The Morgan fingerprint density at radius 1 is 1.42 bits per heavy atom. The SMILES string of the molecule is C=C1C(=O)OC2C1C(O)CC(C)C1CCC(=O)C12C. The molecule has 0 aromatic heterocycles. The zero-order valence-electron chi connectivity index (χ0n) is 11.4. The Morgan fingerprint density at radius 2 is 2.11 bits per heavy atom. The summed E-state index contributed by atoms with van der Waals surface area (Å²) >= 11 is 0. The molecule has 0 aromatic carbocycles. The lowest BCUT2D eigenvalue weighted by Gasteiger charge is -2.36. The van der Waals surface area contributed by atoms with Gasteiger partial charge >= 0.3 is 5.97 Å². The fourth-order valence-electron chi connectivity index (χ4n) is 4.51. The van der Waals surface area contributed by atoms with Crippen LogP contribution in [0.1, 0.15) is 33.1 Å². The molecule has 104 valence electrons. The highest BCUT2D eigenvalue weighted by Crippen LogP contribution is 2.56. The summed E-state index contributed by atoms with van der Waals surface area (Å²) in [6.07, 6.45) is 0.803. The van der Waals surface area contributed by atoms with Gasteiger partial charge in [-0.25, -0.2) is 4.79 Å². The number of aliphatic hydroxyl groups excluding tert-OH is 1. The van der Waals surface area contributed by atoms with Crippen molar-refractivity contribution in [3.63, 3.8) is 0 Å². The van der Waals surface area contributed by atoms with Gasteiger partial charge in [0.1, 0.15) is 11.9 Å². The molecule has 1 heterocycles. The smallest absolute Gasteiger partial charge is 0.334 e. The highest BCUT2D eigenvalue weighted by Gasteiger charge is 2.63. The fourth-order valence-corrected chi connectivity index (χ4v) is 4.51. The van der Waals surface area contributed by atoms with Crippen LogP contribution >= 0.6 is 0 Å². The summed E-state index contributed by atoms with van der Waals surface area (Å²) in [6, 6.07) is 0. The van der Waals surface area contributed by atoms with Crippen molar-refractivity contribution in [1.82, 2.24) is 0 Å². The topological polar surface area (TPSA) is 63.6 Å². The Balaban J connectivity index is 2.11. The molecular formula is C15H20O4. The molecule has 19 heavy (non-hydrogen) atoms. The van der Waals surface area contributed by atoms with Crippen LogP contribution in [0.15, 0.2) is 12.2 Å². The molecule has 3 aliphatic rings. The predicted molar refractivity (Wildman–Crippen MR) is 68.1 cm³/mol. The molecule has 0 bridgehead atoms. The van der Waals surface area contributed by atoms with Crippen LogP contribution in [-0.4, -0.2) is 29.1 Å². The van der Waals surface area contributed by atoms with Crippen LogP contribution < -0.4 is 0 Å². The van der Waals surface area contributed by atoms with E-state index >= 15 is 0 Å². The largest absolute Gasteiger partial charge is 0.457 e. The van der Waals surface area contributed by atoms with Gasteiger partial charge < -0.3 is 9.84 Å². The van der Waals surface area contributed by atoms with E-state index in [1.165, 1.54) is 0 Å². The molecule has 0 radical (unpaired) electrons. The zero-order chi connectivity index (χ0) is 13.9. The first-order valence-electron chi connectivity index (χ1n) is 6.98. The summed E-state index contributed by atoms with van der Waals surface area (Å²) in [4.78, 5) is 24.2. The second-order valence-electron chi connectivity index (χ2n) is 6.51. The summed E-state index contributed by atoms with van der Waals surface area (Å²) in [5, 5.41) is 10.4. The number of fused-ring (bicyclic) bond motifs is 3. The molecule has 0 spiro atoms. The van der Waals surface area contributed by atoms with Crippen LogP contribution in [0.2, 0.25) is 0 Å². The minimum Gasteiger partial charge on any atom is -0.457 e. The third kappa shape index (κ3) is 1.49. The standard InChI is InChI=1S/C15H20O4/c1-7-6-10(16)12-8(2)14(18)19-13(12)15(3)9(7)4-5-11(15)17/h7,9-10,12-13,16H,2,4-6H2,1,3H3. The van der Waals surface area contributed by atoms with Gasteiger partial charge in [-0.1, -0.05) is 13.5 Å². The van der Waals surface area contributed by atoms with E-state index in [4.69, 9.17) is 4.74 Å². The van der Waals surface area contributed by atoms with Crippen molar-refractivity contribution in [3.05, 3.63) is 12.2 Å². The minimum absolute atomic E-state index is 0.163. The second kappa shape index (κ2) is 3.92. The van der Waals surface area contributed by atoms with Gasteiger partial charge in [0.15, 0.2) is 0 Å². The van der Waals surface area contributed by atoms with Crippen LogP contribution in [0.5, 0.6) is 0 Å². The van der Waals surface area contributed by atoms with Gasteiger partial charge in [0.25, 0.3) is 0 Å². The van der Waals surface area contributed by atoms with Crippen molar-refractivity contribution in [2.45, 2.75) is 45.3 Å². The number of rotatable bonds is 0. The van der Waals surface area contributed by atoms with Gasteiger partial charge in [-0.3, -0.25) is 4.79 Å². The number of carbonyl (C=O) groups is 2. The maximum atomic E-state index is 12.4. The van der Waals surface area contributed by atoms with Crippen LogP contribution in [0.3, 0.4) is 0 Å². The first-order valence-corrected chi connectivity index (χ1v) is 6.98. The molecule has 3 rings (SSSR count). The first kappa shape index (κ1) is 12.9. The summed E-state index contributed by atoms with van der Waals surface area (Å²) in [6.45, 7) is 7.75. The number of carbonyl (C=O) groups excluding carboxylic acids is 2. The Kier molecular flexibility index (Phi) is 2.65. The van der Waals surface area contributed by atoms with E-state index in [0.29, 0.717) is 18.4 Å². The highest BCUT2D eigenvalue weighted by molar-refractivity contribution is 5.94. The van der Waals surface area contributed by atoms with E-state index in [-0.39, 0.29) is 17.6 Å². The van der Waals surface area contributed by atoms with E-state index in [0.717, 1.165) is 6.42 Å². The van der Waals surface area contributed by atoms with Crippen LogP contribution in [-0.2, 0) is 14.3 Å². The van der Waals surface area contributed by atoms with Gasteiger partial charge in [0.05, 0.1) is 17.4 Å². The summed E-state index contributed by atoms with van der Waals surface area (Å²) < 4.78 is 5.44. The summed E-state index contributed by atoms with van der Waals surface area (Å²) in [5.74, 6) is -0.280. The molecule has 4 heteroatoms. The van der Waals surface area contributed by atoms with E-state index < -0.39 is 29.5 Å². The predicted octanol–water partition coefficient (Wildman–Crippen LogP) is 1.47. The molecule has 3 fully saturated rings. The molecule has 1 saturated heterocycles. The van der Waals surface area contributed by atoms with Crippen molar-refractivity contribution >= 4 is 11.8 Å². The van der Waals surface area contributed by atoms with Gasteiger partial charge in [-0.15, -0.1) is 0 Å². The van der Waals surface area contributed by atoms with Crippen LogP contribution in [0.25, 0.3) is 0 Å². The quantitative estimate of drug-likeness (QED) is 0.531. The number of ketones is 1. The molecule has 2 saturated carbocycles. The maximum Gasteiger partial charge on any atom is 0.334 e. The Labute approximate surface area is 112 Å². The normalized spacial score (nSPS) is 49.6. The first-order chi connectivity index (χ1) is 8.87. The Bertz CT molecular complexity index is 469. The van der Waals surface area contributed by atoms with E-state index in [1.54, 1.807) is 0 Å². The maximum absolute atomic E-state index is 12.4. The monoisotopic (exact) mass is 264 g/mol. The van der Waals surface area contributed by atoms with Crippen LogP contribution in [0.4, 0.5) is 0 Å². The van der Waals surface area contributed by atoms with E-state index in [9.17, 15) is 14.7 Å². The summed E-state index contributed by atoms with van der Waals surface area (Å²) in [7, 11) is 0. The van der Waals surface area contributed by atoms with Gasteiger partial charge in [0.2, 0.25) is 0 Å². The van der Waals surface area contributed by atoms with Crippen LogP contribution in [0, 0.1) is 23.2 Å². The average Bonchev–Trinajstić information content (AvgIpc) is 2.78. The Morgan fingerprint density at radius 3 is 2.79 bits per heavy atom. The van der Waals surface area contributed by atoms with Crippen molar-refractivity contribution in [2.24, 2.45) is 23.2 Å². The van der Waals surface area contributed by atoms with Gasteiger partial charge in [-0.2, -0.15) is 0 Å². The fraction of sp³-hybridized carbons (Fsp3) is 0.733. The number of hydrogen-bond acceptors (Lipinski definition) is 4. The molecule has 2 aliphatic carbocycles. The lowest BCUT2D eigenvalue weighted by atomic mass is 9.68. The van der Waals surface area contributed by atoms with E-state index in [2.05, 4.69) is 13.5 Å². The van der Waals surface area contributed by atoms with Crippen molar-refractivity contribution in [1.29, 1.82) is 0 Å². The lowest BCUT2D eigenvalue weighted by molar-refractivity contribution is -0.151. The molecule has 6 unspecified atom stereocenters. The molecule has 0 amide bonds. The van der Waals surface area contributed by atoms with E-state index in [1.807, 2.05) is 6.92 Å². The molecule has 6 atom stereocenters. The van der Waals surface area contributed by atoms with Gasteiger partial charge in [-0.05, 0) is 31.6 Å². The molecule has 4 nitrogen and oxygen atoms in total. The Hall–Kier alpha value is -1.16. The number of Topliss-reactive ketones (excluding diaryl/α,β-unsaturated/α-hetero) is 1. The third-order valence-corrected chi connectivity index (χ3v) is 5.58. The highest BCUT2D eigenvalue weighted by atomic mass is 16.6. The number of hydrogen-bond donors (Lipinski definition) is 1. The average molecular weight is 264 g/mol. The number of aliphatic hydroxyl groups is 1. The number of ether oxygens (including phenoxy) is 1. The molecule has 1 aliphatic heterocycles. The molecule has 0 aromatic rings. The van der Waals surface area contributed by atoms with Crippen molar-refractivity contribution < 1.29 is 19.4 Å². The van der Waals surface area contributed by atoms with Crippen molar-refractivity contribution in [3.8, 4) is 0 Å².